The van der Waals surface area contributed by atoms with Gasteiger partial charge in [0.05, 0.1) is 19.2 Å². The molecule has 41 nitrogen and oxygen atoms in total. The molecule has 146 heavy (non-hydrogen) atoms. The maximum atomic E-state index is 16.1. The van der Waals surface area contributed by atoms with Crippen LogP contribution in [0.15, 0.2) is 213 Å². The molecule has 0 aliphatic carbocycles. The summed E-state index contributed by atoms with van der Waals surface area (Å²) in [4.78, 5) is 228. The van der Waals surface area contributed by atoms with Gasteiger partial charge in [-0.15, -0.1) is 0 Å². The summed E-state index contributed by atoms with van der Waals surface area (Å²) in [5.74, 6) is -12.4. The predicted molar refractivity (Wildman–Crippen MR) is 546 cm³/mol. The molecule has 5 aromatic heterocycles. The van der Waals surface area contributed by atoms with E-state index >= 15 is 33.6 Å². The fourth-order valence-corrected chi connectivity index (χ4v) is 19.6. The molecule has 0 saturated carbocycles. The van der Waals surface area contributed by atoms with Crippen LogP contribution in [0.5, 0.6) is 0 Å². The number of aromatic nitrogens is 5. The zero-order valence-corrected chi connectivity index (χ0v) is 80.4. The van der Waals surface area contributed by atoms with E-state index in [1.807, 2.05) is 97.1 Å². The summed E-state index contributed by atoms with van der Waals surface area (Å²) in [5, 5.41) is 74.1. The van der Waals surface area contributed by atoms with Crippen molar-refractivity contribution in [3.63, 3.8) is 0 Å². The second kappa shape index (κ2) is 48.8. The lowest BCUT2D eigenvalue weighted by molar-refractivity contribution is -0.147. The summed E-state index contributed by atoms with van der Waals surface area (Å²) in [6.45, 7) is -0.907. The molecule has 0 radical (unpaired) electrons. The predicted octanol–water partition coefficient (Wildman–Crippen LogP) is 2.47. The number of carboxylic acids is 1. The number of benzene rings is 7. The third-order valence-corrected chi connectivity index (χ3v) is 27.2. The molecule has 764 valence electrons. The third-order valence-electron chi connectivity index (χ3n) is 27.2. The average Bonchev–Trinajstić information content (AvgIpc) is 1.64. The summed E-state index contributed by atoms with van der Waals surface area (Å²) in [6.07, 6.45) is 9.40. The van der Waals surface area contributed by atoms with Gasteiger partial charge in [-0.2, -0.15) is 0 Å². The molecule has 0 unspecified atom stereocenters. The highest BCUT2D eigenvalue weighted by Gasteiger charge is 2.46. The molecule has 3 fully saturated rings. The number of carbonyl (C=O) groups is 14. The average molecular weight is 1990 g/mol. The molecule has 3 saturated heterocycles. The number of hydrogen-bond acceptors (Lipinski definition) is 18. The van der Waals surface area contributed by atoms with Crippen molar-refractivity contribution >= 4 is 149 Å². The number of aliphatic hydroxyl groups excluding tert-OH is 1. The van der Waals surface area contributed by atoms with Crippen LogP contribution in [0.1, 0.15) is 103 Å². The van der Waals surface area contributed by atoms with Gasteiger partial charge < -0.3 is 131 Å². The summed E-state index contributed by atoms with van der Waals surface area (Å²) in [5.41, 5.74) is 24.9. The van der Waals surface area contributed by atoms with E-state index in [-0.39, 0.29) is 116 Å². The molecule has 3 aliphatic heterocycles. The largest absolute Gasteiger partial charge is 0.480 e. The Balaban J connectivity index is 0.661. The number of carbonyl (C=O) groups excluding carboxylic acids is 13. The first-order valence-corrected chi connectivity index (χ1v) is 49.1. The second-order valence-corrected chi connectivity index (χ2v) is 37.2. The zero-order valence-electron chi connectivity index (χ0n) is 80.4. The second-order valence-electron chi connectivity index (χ2n) is 37.2. The number of fused-ring (bicyclic) bond motifs is 5. The van der Waals surface area contributed by atoms with Gasteiger partial charge in [-0.3, -0.25) is 73.1 Å². The van der Waals surface area contributed by atoms with Crippen molar-refractivity contribution in [2.75, 3.05) is 45.9 Å². The molecule has 12 aromatic rings. The number of nitrogens with zero attached hydrogens (tertiary/aromatic N) is 3. The van der Waals surface area contributed by atoms with Crippen LogP contribution in [0, 0.1) is 10.8 Å². The number of rotatable bonds is 47. The summed E-state index contributed by atoms with van der Waals surface area (Å²) in [6, 6.07) is 35.3. The Labute approximate surface area is 839 Å². The smallest absolute Gasteiger partial charge is 0.326 e. The summed E-state index contributed by atoms with van der Waals surface area (Å²) in [7, 11) is 0. The molecule has 8 heterocycles. The van der Waals surface area contributed by atoms with Crippen molar-refractivity contribution in [2.24, 2.45) is 17.2 Å². The first-order valence-electron chi connectivity index (χ1n) is 49.1. The number of likely N-dealkylation sites (tertiary alicyclic amines) is 3. The standard InChI is InChI=1S/C105H123N25O16/c106-72(31-17-41-111-104(107)108)100(142)130-45-21-40-89(130)102(144)129-44-19-38-87(129)98(140)118-58-90(132)119-79(46-60-22-3-1-4-23-60)92(134)127-86(59-131)101(143)128-43-20-39-88(128)99(141)125-80(47-61-24-5-2-6-25-61)93(135)120-78(37-18-42-112-105(109)110)91(133)121-81(48-62-53-113-73-32-12-7-26-67(62)73)94(136)122-82(49-63-54-114-74-33-13-8-27-68(63)74)95(137)123-83(50-64-55-115-75-34-14-9-28-69(64)75)96(138)124-84(51-65-56-116-76-35-15-10-29-70(65)76)97(139)126-85(103(145)146)52-66-57-117-77-36-16-11-30-71(66)77/h1-16,22-30,32-36,53-57,72,78-89,113-117,131H,17-21,31,37-52,58-59,106H2,(H,118,140)(H,119,132)(H,120,135)(H,121,133)(H,122,136)(H,123,137)(H,124,138)(H,125,141)(H,126,139)(H,127,134)(H,145,146)(H4,107,108,111)(H4,109,110,112)/t72-,78-,79-,80-,81-,82-,83-,84-,85-,86-,87-,88-,89-/m0/s1. The Morgan fingerprint density at radius 3 is 1.03 bits per heavy atom. The number of para-hydroxylation sites is 5. The van der Waals surface area contributed by atoms with E-state index < -0.39 is 180 Å². The molecule has 7 aromatic carbocycles. The van der Waals surface area contributed by atoms with Gasteiger partial charge in [-0.1, -0.05) is 152 Å². The van der Waals surface area contributed by atoms with Crippen LogP contribution in [0.2, 0.25) is 0 Å². The SMILES string of the molecule is N=C(N)NCCC[C@H](NC(=O)[C@H](Cc1ccccc1)NC(=O)[C@@H]1CCCN1C(=O)[C@H](CO)NC(=O)[C@H](Cc1ccccc1)NC(=O)CNC(=O)[C@@H]1CCCN1C(=O)[C@@H]1CCCN1C(=O)[C@@H](N)CCCNC(=N)N)C(=O)N[C@@H](Cc1c[nH]c2ccccc12)C(=O)N[C@@H](Cc1c[nH]c2ccccc12)C(=O)N[C@@H](Cc1c[nH]c2ccccc12)C(=O)N[C@@H](Cc1c[nH]c2ccccc12)C(=O)N[C@@H](Cc1c[nH]c2ccccc12)C(=O)O. The summed E-state index contributed by atoms with van der Waals surface area (Å²) >= 11 is 0. The van der Waals surface area contributed by atoms with Crippen molar-refractivity contribution in [3.05, 3.63) is 252 Å². The molecule has 15 rings (SSSR count). The van der Waals surface area contributed by atoms with Gasteiger partial charge in [-0.25, -0.2) is 4.79 Å². The van der Waals surface area contributed by atoms with Crippen LogP contribution >= 0.6 is 0 Å². The highest BCUT2D eigenvalue weighted by molar-refractivity contribution is 6.02. The molecule has 0 bridgehead atoms. The van der Waals surface area contributed by atoms with Gasteiger partial charge in [0.1, 0.15) is 72.5 Å². The van der Waals surface area contributed by atoms with E-state index in [4.69, 9.17) is 28.0 Å². The third kappa shape index (κ3) is 26.2. The molecule has 0 spiro atoms. The van der Waals surface area contributed by atoms with Gasteiger partial charge in [-0.05, 0) is 133 Å². The number of nitrogens with one attached hydrogen (secondary N) is 19. The van der Waals surface area contributed by atoms with Crippen molar-refractivity contribution in [2.45, 2.75) is 188 Å². The normalized spacial score (nSPS) is 16.6. The minimum absolute atomic E-state index is 0.00208. The van der Waals surface area contributed by atoms with E-state index in [1.165, 1.54) is 9.80 Å². The lowest BCUT2D eigenvalue weighted by atomic mass is 9.99. The van der Waals surface area contributed by atoms with Gasteiger partial charge in [0.15, 0.2) is 11.9 Å². The van der Waals surface area contributed by atoms with Crippen LogP contribution in [-0.2, 0) is 112 Å². The minimum atomic E-state index is -1.72. The van der Waals surface area contributed by atoms with E-state index in [0.717, 1.165) is 21.3 Å². The number of guanidine groups is 2. The fourth-order valence-electron chi connectivity index (χ4n) is 19.6. The number of carboxylic acid groups (broad SMARTS) is 1. The Kier molecular flexibility index (Phi) is 34.7. The fraction of sp³-hybridized carbons (Fsp3) is 0.352. The highest BCUT2D eigenvalue weighted by Crippen LogP contribution is 2.31. The van der Waals surface area contributed by atoms with Crippen molar-refractivity contribution in [1.29, 1.82) is 10.8 Å². The Hall–Kier alpha value is -16.7. The lowest BCUT2D eigenvalue weighted by Crippen LogP contribution is -2.61. The highest BCUT2D eigenvalue weighted by atomic mass is 16.4. The number of nitrogens with two attached hydrogens (primary N) is 3. The Bertz CT molecular complexity index is 6750. The quantitative estimate of drug-likeness (QED) is 0.0148. The number of hydrogen-bond donors (Lipinski definition) is 24. The van der Waals surface area contributed by atoms with Gasteiger partial charge in [0.25, 0.3) is 0 Å². The van der Waals surface area contributed by atoms with Crippen molar-refractivity contribution in [1.82, 2.24) is 103 Å². The number of aliphatic hydroxyl groups is 1. The van der Waals surface area contributed by atoms with E-state index in [2.05, 4.69) is 88.7 Å². The van der Waals surface area contributed by atoms with E-state index in [9.17, 15) is 43.8 Å². The maximum Gasteiger partial charge on any atom is 0.326 e. The summed E-state index contributed by atoms with van der Waals surface area (Å²) < 4.78 is 0. The zero-order chi connectivity index (χ0) is 103. The van der Waals surface area contributed by atoms with E-state index in [0.29, 0.717) is 109 Å². The molecular weight excluding hydrogens is 1870 g/mol. The molecular formula is C105H123N25O16. The van der Waals surface area contributed by atoms with Crippen LogP contribution in [0.4, 0.5) is 0 Å². The van der Waals surface area contributed by atoms with Crippen molar-refractivity contribution in [3.8, 4) is 0 Å². The topological polar surface area (TPSA) is 638 Å². The maximum absolute atomic E-state index is 16.1. The molecule has 13 atom stereocenters. The first-order chi connectivity index (χ1) is 70.6. The Morgan fingerprint density at radius 2 is 0.651 bits per heavy atom. The van der Waals surface area contributed by atoms with Crippen molar-refractivity contribution < 1.29 is 77.3 Å². The van der Waals surface area contributed by atoms with Crippen LogP contribution in [0.3, 0.4) is 0 Å². The van der Waals surface area contributed by atoms with Crippen LogP contribution in [-0.4, -0.2) is 269 Å². The van der Waals surface area contributed by atoms with Crippen LogP contribution < -0.4 is 81.0 Å². The van der Waals surface area contributed by atoms with E-state index in [1.54, 1.807) is 116 Å². The Morgan fingerprint density at radius 1 is 0.342 bits per heavy atom. The molecule has 3 aliphatic rings. The number of aromatic amines is 5. The molecule has 41 heteroatoms. The molecule has 27 N–H and O–H groups in total. The number of aliphatic carboxylic acids is 1. The lowest BCUT2D eigenvalue weighted by Gasteiger charge is -2.32. The van der Waals surface area contributed by atoms with Gasteiger partial charge in [0, 0.05) is 163 Å². The monoisotopic (exact) mass is 1990 g/mol. The number of amides is 13. The van der Waals surface area contributed by atoms with Gasteiger partial charge >= 0.3 is 5.97 Å². The van der Waals surface area contributed by atoms with Crippen LogP contribution in [0.25, 0.3) is 54.5 Å². The molecule has 13 amide bonds. The first kappa shape index (κ1) is 104. The number of H-pyrrole nitrogens is 5. The van der Waals surface area contributed by atoms with Gasteiger partial charge in [0.2, 0.25) is 76.8 Å². The minimum Gasteiger partial charge on any atom is -0.480 e.